The molecule has 8 heteroatoms. The number of nitrogens with zero attached hydrogens (tertiary/aromatic N) is 8. The van der Waals surface area contributed by atoms with Gasteiger partial charge in [-0.25, -0.2) is 0 Å². The molecule has 4 aliphatic rings. The Morgan fingerprint density at radius 1 is 0.262 bits per heavy atom. The third-order valence-electron chi connectivity index (χ3n) is 18.8. The van der Waals surface area contributed by atoms with Crippen LogP contribution in [0.2, 0.25) is 0 Å². The van der Waals surface area contributed by atoms with E-state index in [9.17, 15) is 0 Å². The van der Waals surface area contributed by atoms with Crippen molar-refractivity contribution in [2.24, 2.45) is 23.7 Å². The molecule has 84 heavy (non-hydrogen) atoms. The average Bonchev–Trinajstić information content (AvgIpc) is 3.72. The van der Waals surface area contributed by atoms with Crippen molar-refractivity contribution in [3.05, 3.63) is 119 Å². The third-order valence-corrected chi connectivity index (χ3v) is 18.8. The summed E-state index contributed by atoms with van der Waals surface area (Å²) in [5.41, 5.74) is 8.10. The number of piperidine rings is 4. The summed E-state index contributed by atoms with van der Waals surface area (Å²) < 4.78 is 0. The van der Waals surface area contributed by atoms with Gasteiger partial charge < -0.3 is 19.6 Å². The predicted octanol–water partition coefficient (Wildman–Crippen LogP) is 20.5. The average molecular weight is 1140 g/mol. The highest BCUT2D eigenvalue weighted by atomic mass is 15.1. The number of rotatable bonds is 28. The molecule has 0 unspecified atom stereocenters. The predicted molar refractivity (Wildman–Crippen MR) is 358 cm³/mol. The first-order valence-corrected chi connectivity index (χ1v) is 34.3. The van der Waals surface area contributed by atoms with Crippen LogP contribution in [0.25, 0.3) is 0 Å². The first-order valence-electron chi connectivity index (χ1n) is 34.3. The Kier molecular flexibility index (Phi) is 35.0. The number of benzene rings is 4. The Morgan fingerprint density at radius 2 is 0.429 bits per heavy atom. The standard InChI is InChI=1S/4C19H28N2/c4*1-2-3-4-5-6-7-17-12-14-21(15-13-17)19-10-8-18(16-20)9-11-19/h4*8-11,17H,2-7,12-15H2,1H3. The summed E-state index contributed by atoms with van der Waals surface area (Å²) >= 11 is 0. The van der Waals surface area contributed by atoms with Crippen LogP contribution in [-0.2, 0) is 0 Å². The molecule has 0 amide bonds. The fourth-order valence-corrected chi connectivity index (χ4v) is 13.1. The molecule has 0 radical (unpaired) electrons. The van der Waals surface area contributed by atoms with E-state index in [0.717, 1.165) is 45.9 Å². The lowest BCUT2D eigenvalue weighted by Gasteiger charge is -2.33. The van der Waals surface area contributed by atoms with E-state index < -0.39 is 0 Å². The van der Waals surface area contributed by atoms with Crippen molar-refractivity contribution in [3.8, 4) is 24.3 Å². The Hall–Kier alpha value is -5.96. The van der Waals surface area contributed by atoms with Crippen molar-refractivity contribution in [1.82, 2.24) is 0 Å². The zero-order valence-electron chi connectivity index (χ0n) is 53.4. The molecular formula is C76H112N8. The fourth-order valence-electron chi connectivity index (χ4n) is 13.1. The molecule has 8 rings (SSSR count). The van der Waals surface area contributed by atoms with Gasteiger partial charge in [-0.2, -0.15) is 21.0 Å². The second kappa shape index (κ2) is 42.8. The minimum absolute atomic E-state index is 0.751. The lowest BCUT2D eigenvalue weighted by atomic mass is 9.91. The molecule has 0 spiro atoms. The van der Waals surface area contributed by atoms with Crippen molar-refractivity contribution in [1.29, 1.82) is 21.0 Å². The first-order chi connectivity index (χ1) is 41.3. The number of nitriles is 4. The van der Waals surface area contributed by atoms with E-state index in [4.69, 9.17) is 21.0 Å². The Labute approximate surface area is 513 Å². The Balaban J connectivity index is 0.000000205. The van der Waals surface area contributed by atoms with Gasteiger partial charge in [-0.15, -0.1) is 0 Å². The molecule has 0 bridgehead atoms. The molecule has 4 fully saturated rings. The second-order valence-corrected chi connectivity index (χ2v) is 25.2. The molecule has 0 aliphatic carbocycles. The molecule has 4 saturated heterocycles. The van der Waals surface area contributed by atoms with E-state index in [-0.39, 0.29) is 0 Å². The molecule has 4 aromatic carbocycles. The summed E-state index contributed by atoms with van der Waals surface area (Å²) in [6, 6.07) is 40.8. The monoisotopic (exact) mass is 1140 g/mol. The summed E-state index contributed by atoms with van der Waals surface area (Å²) in [5.74, 6) is 3.73. The van der Waals surface area contributed by atoms with Gasteiger partial charge in [0, 0.05) is 75.1 Å². The summed E-state index contributed by atoms with van der Waals surface area (Å²) in [4.78, 5) is 9.87. The maximum Gasteiger partial charge on any atom is 0.0991 e. The van der Waals surface area contributed by atoms with Crippen LogP contribution in [0, 0.1) is 69.0 Å². The van der Waals surface area contributed by atoms with Crippen LogP contribution in [0.5, 0.6) is 0 Å². The fraction of sp³-hybridized carbons (Fsp3) is 0.632. The van der Waals surface area contributed by atoms with Crippen LogP contribution in [0.15, 0.2) is 97.1 Å². The van der Waals surface area contributed by atoms with Crippen LogP contribution in [0.1, 0.15) is 255 Å². The van der Waals surface area contributed by atoms with Gasteiger partial charge in [-0.05, 0) is 172 Å². The highest BCUT2D eigenvalue weighted by molar-refractivity contribution is 5.52. The van der Waals surface area contributed by atoms with Gasteiger partial charge in [0.15, 0.2) is 0 Å². The van der Waals surface area contributed by atoms with E-state index >= 15 is 0 Å². The zero-order valence-corrected chi connectivity index (χ0v) is 53.4. The highest BCUT2D eigenvalue weighted by Crippen LogP contribution is 2.31. The Bertz CT molecular complexity index is 2090. The molecule has 4 aliphatic heterocycles. The van der Waals surface area contributed by atoms with E-state index in [1.807, 2.05) is 48.5 Å². The molecule has 4 heterocycles. The maximum absolute atomic E-state index is 8.85. The molecular weight excluding hydrogens is 1020 g/mol. The lowest BCUT2D eigenvalue weighted by molar-refractivity contribution is 0.366. The minimum Gasteiger partial charge on any atom is -0.372 e. The number of hydrogen-bond donors (Lipinski definition) is 0. The smallest absolute Gasteiger partial charge is 0.0991 e. The number of unbranched alkanes of at least 4 members (excludes halogenated alkanes) is 16. The van der Waals surface area contributed by atoms with Crippen LogP contribution < -0.4 is 19.6 Å². The molecule has 4 aromatic rings. The molecule has 8 nitrogen and oxygen atoms in total. The van der Waals surface area contributed by atoms with Crippen molar-refractivity contribution >= 4 is 22.7 Å². The van der Waals surface area contributed by atoms with Gasteiger partial charge in [-0.3, -0.25) is 0 Å². The zero-order chi connectivity index (χ0) is 59.7. The quantitative estimate of drug-likeness (QED) is 0.0518. The van der Waals surface area contributed by atoms with E-state index in [2.05, 4.69) is 120 Å². The van der Waals surface area contributed by atoms with E-state index in [1.165, 1.54) is 281 Å². The summed E-state index contributed by atoms with van der Waals surface area (Å²) in [7, 11) is 0. The van der Waals surface area contributed by atoms with Crippen molar-refractivity contribution in [2.75, 3.05) is 72.0 Å². The van der Waals surface area contributed by atoms with Crippen LogP contribution in [0.3, 0.4) is 0 Å². The molecule has 0 aromatic heterocycles. The van der Waals surface area contributed by atoms with Crippen molar-refractivity contribution in [2.45, 2.75) is 233 Å². The first kappa shape index (κ1) is 68.8. The summed E-state index contributed by atoms with van der Waals surface area (Å²) in [6.45, 7) is 18.5. The largest absolute Gasteiger partial charge is 0.372 e. The van der Waals surface area contributed by atoms with E-state index in [1.54, 1.807) is 0 Å². The van der Waals surface area contributed by atoms with Gasteiger partial charge in [0.05, 0.1) is 46.5 Å². The second-order valence-electron chi connectivity index (χ2n) is 25.2. The normalized spacial score (nSPS) is 15.9. The SMILES string of the molecule is CCCCCCCC1CCN(c2ccc(C#N)cc2)CC1.CCCCCCCC1CCN(c2ccc(C#N)cc2)CC1.CCCCCCCC1CCN(c2ccc(C#N)cc2)CC1.CCCCCCCC1CCN(c2ccc(C#N)cc2)CC1. The van der Waals surface area contributed by atoms with Crippen LogP contribution in [-0.4, -0.2) is 52.4 Å². The van der Waals surface area contributed by atoms with Crippen LogP contribution in [0.4, 0.5) is 22.7 Å². The minimum atomic E-state index is 0.751. The topological polar surface area (TPSA) is 108 Å². The number of hydrogen-bond acceptors (Lipinski definition) is 8. The third kappa shape index (κ3) is 27.0. The molecule has 456 valence electrons. The van der Waals surface area contributed by atoms with Gasteiger partial charge >= 0.3 is 0 Å². The molecule has 0 N–H and O–H groups in total. The van der Waals surface area contributed by atoms with Gasteiger partial charge in [-0.1, -0.05) is 182 Å². The summed E-state index contributed by atoms with van der Waals surface area (Å²) in [6.07, 6.45) is 44.3. The summed E-state index contributed by atoms with van der Waals surface area (Å²) in [5, 5.41) is 35.4. The van der Waals surface area contributed by atoms with Crippen molar-refractivity contribution in [3.63, 3.8) is 0 Å². The lowest BCUT2D eigenvalue weighted by Crippen LogP contribution is -2.33. The molecule has 0 saturated carbocycles. The number of anilines is 4. The van der Waals surface area contributed by atoms with Gasteiger partial charge in [0.2, 0.25) is 0 Å². The van der Waals surface area contributed by atoms with E-state index in [0.29, 0.717) is 0 Å². The van der Waals surface area contributed by atoms with Crippen molar-refractivity contribution < 1.29 is 0 Å². The molecule has 0 atom stereocenters. The maximum atomic E-state index is 8.85. The Morgan fingerprint density at radius 3 is 0.583 bits per heavy atom. The van der Waals surface area contributed by atoms with Gasteiger partial charge in [0.25, 0.3) is 0 Å². The van der Waals surface area contributed by atoms with Crippen LogP contribution >= 0.6 is 0 Å². The highest BCUT2D eigenvalue weighted by Gasteiger charge is 2.23. The van der Waals surface area contributed by atoms with Gasteiger partial charge in [0.1, 0.15) is 0 Å².